The first-order valence-corrected chi connectivity index (χ1v) is 11.7. The number of hydrogen-bond acceptors (Lipinski definition) is 7. The lowest BCUT2D eigenvalue weighted by Gasteiger charge is -2.40. The van der Waals surface area contributed by atoms with E-state index < -0.39 is 0 Å². The highest BCUT2D eigenvalue weighted by Crippen LogP contribution is 2.46. The lowest BCUT2D eigenvalue weighted by atomic mass is 10.0. The fourth-order valence-corrected chi connectivity index (χ4v) is 4.87. The van der Waals surface area contributed by atoms with Crippen LogP contribution in [-0.2, 0) is 0 Å². The van der Waals surface area contributed by atoms with Crippen LogP contribution in [0.3, 0.4) is 0 Å². The van der Waals surface area contributed by atoms with Crippen molar-refractivity contribution in [2.24, 2.45) is 0 Å². The van der Waals surface area contributed by atoms with Gasteiger partial charge in [-0.2, -0.15) is 0 Å². The second-order valence-corrected chi connectivity index (χ2v) is 9.51. The quantitative estimate of drug-likeness (QED) is 0.212. The summed E-state index contributed by atoms with van der Waals surface area (Å²) in [4.78, 5) is 24.6. The van der Waals surface area contributed by atoms with Crippen molar-refractivity contribution >= 4 is 56.2 Å². The molecule has 0 fully saturated rings. The van der Waals surface area contributed by atoms with E-state index in [1.807, 2.05) is 28.2 Å². The molecule has 0 spiro atoms. The maximum Gasteiger partial charge on any atom is 0.295 e. The summed E-state index contributed by atoms with van der Waals surface area (Å²) in [6.07, 6.45) is 1.74. The number of nitro groups is 1. The number of nitrogens with zero attached hydrogens (tertiary/aromatic N) is 6. The Balaban J connectivity index is 1.98. The largest absolute Gasteiger partial charge is 0.508 e. The van der Waals surface area contributed by atoms with Crippen molar-refractivity contribution in [3.05, 3.63) is 40.4 Å². The van der Waals surface area contributed by atoms with E-state index in [0.717, 1.165) is 42.7 Å². The Morgan fingerprint density at radius 2 is 1.68 bits per heavy atom. The van der Waals surface area contributed by atoms with Crippen LogP contribution in [0.25, 0.3) is 21.8 Å². The van der Waals surface area contributed by atoms with Gasteiger partial charge in [0.25, 0.3) is 5.69 Å². The minimum Gasteiger partial charge on any atom is -0.508 e. The molecule has 9 nitrogen and oxygen atoms in total. The fraction of sp³-hybridized carbons (Fsp3) is 0.417. The van der Waals surface area contributed by atoms with Crippen LogP contribution >= 0.6 is 12.2 Å². The zero-order valence-electron chi connectivity index (χ0n) is 20.0. The van der Waals surface area contributed by atoms with Gasteiger partial charge in [0.2, 0.25) is 0 Å². The predicted molar refractivity (Wildman–Crippen MR) is 141 cm³/mol. The molecule has 34 heavy (non-hydrogen) atoms. The third-order valence-electron chi connectivity index (χ3n) is 6.03. The third-order valence-corrected chi connectivity index (χ3v) is 6.47. The summed E-state index contributed by atoms with van der Waals surface area (Å²) in [6.45, 7) is 3.10. The number of hydrogen-bond donors (Lipinski definition) is 1. The molecule has 0 radical (unpaired) electrons. The van der Waals surface area contributed by atoms with Gasteiger partial charge in [0, 0.05) is 24.5 Å². The van der Waals surface area contributed by atoms with Gasteiger partial charge in [0.15, 0.2) is 10.6 Å². The first kappa shape index (κ1) is 24.1. The Kier molecular flexibility index (Phi) is 6.83. The summed E-state index contributed by atoms with van der Waals surface area (Å²) in [5.74, 6) is 0.115. The number of rotatable bonds is 9. The molecule has 1 N–H and O–H groups in total. The van der Waals surface area contributed by atoms with Crippen molar-refractivity contribution in [2.45, 2.75) is 12.8 Å². The van der Waals surface area contributed by atoms with Crippen LogP contribution in [0.1, 0.15) is 12.8 Å². The van der Waals surface area contributed by atoms with E-state index in [9.17, 15) is 15.2 Å². The van der Waals surface area contributed by atoms with Crippen molar-refractivity contribution in [2.75, 3.05) is 64.2 Å². The topological polar surface area (TPSA) is 89.2 Å². The van der Waals surface area contributed by atoms with Crippen LogP contribution in [-0.4, -0.2) is 84.3 Å². The van der Waals surface area contributed by atoms with Crippen LogP contribution in [0.4, 0.5) is 17.1 Å². The number of phenols is 1. The van der Waals surface area contributed by atoms with Crippen molar-refractivity contribution in [1.29, 1.82) is 0 Å². The maximum absolute atomic E-state index is 11.9. The monoisotopic (exact) mass is 482 g/mol. The van der Waals surface area contributed by atoms with Crippen molar-refractivity contribution in [3.8, 4) is 5.75 Å². The first-order valence-electron chi connectivity index (χ1n) is 11.3. The van der Waals surface area contributed by atoms with Gasteiger partial charge in [-0.1, -0.05) is 0 Å². The molecule has 1 aliphatic heterocycles. The number of aromatic hydroxyl groups is 1. The zero-order chi connectivity index (χ0) is 24.6. The standard InChI is InChI=1S/C24H30N6O3S/c1-26(2)11-5-13-28-19-9-10-20(30(32)33)22-21(19)23(17-15-16(31)7-8-18(17)25-22)29(24(28)34)14-6-12-27(3)4/h7-10,15,31H,5-6,11-14H2,1-4H3. The highest BCUT2D eigenvalue weighted by atomic mass is 32.1. The molecule has 2 aromatic carbocycles. The minimum atomic E-state index is -0.387. The van der Waals surface area contributed by atoms with E-state index in [4.69, 9.17) is 12.2 Å². The second-order valence-electron chi connectivity index (χ2n) is 9.15. The van der Waals surface area contributed by atoms with Crippen molar-refractivity contribution < 1.29 is 10.0 Å². The lowest BCUT2D eigenvalue weighted by molar-refractivity contribution is -0.383. The molecule has 1 aliphatic rings. The highest BCUT2D eigenvalue weighted by molar-refractivity contribution is 7.80. The molecular formula is C24H30N6O3S. The summed E-state index contributed by atoms with van der Waals surface area (Å²) in [7, 11) is 8.12. The van der Waals surface area contributed by atoms with E-state index in [1.165, 1.54) is 6.07 Å². The average molecular weight is 483 g/mol. The van der Waals surface area contributed by atoms with Gasteiger partial charge >= 0.3 is 0 Å². The van der Waals surface area contributed by atoms with Crippen LogP contribution in [0.2, 0.25) is 0 Å². The molecule has 4 rings (SSSR count). The highest BCUT2D eigenvalue weighted by Gasteiger charge is 2.34. The predicted octanol–water partition coefficient (Wildman–Crippen LogP) is 3.82. The van der Waals surface area contributed by atoms with E-state index >= 15 is 0 Å². The summed E-state index contributed by atoms with van der Waals surface area (Å²) in [5.41, 5.74) is 2.49. The molecule has 0 bridgehead atoms. The van der Waals surface area contributed by atoms with Crippen LogP contribution < -0.4 is 9.80 Å². The van der Waals surface area contributed by atoms with Gasteiger partial charge in [-0.25, -0.2) is 4.98 Å². The number of anilines is 2. The summed E-state index contributed by atoms with van der Waals surface area (Å²) >= 11 is 6.02. The SMILES string of the molecule is CN(C)CCCN1C(=S)N(CCCN(C)C)c2c3cc(O)ccc3nc3c([N+](=O)[O-])ccc1c23. The van der Waals surface area contributed by atoms with Crippen LogP contribution in [0.5, 0.6) is 5.75 Å². The molecule has 2 heterocycles. The van der Waals surface area contributed by atoms with E-state index in [-0.39, 0.29) is 16.4 Å². The van der Waals surface area contributed by atoms with Gasteiger partial charge in [0.05, 0.1) is 27.2 Å². The molecule has 0 saturated heterocycles. The van der Waals surface area contributed by atoms with Gasteiger partial charge in [0.1, 0.15) is 5.75 Å². The smallest absolute Gasteiger partial charge is 0.295 e. The lowest BCUT2D eigenvalue weighted by Crippen LogP contribution is -2.48. The van der Waals surface area contributed by atoms with E-state index in [2.05, 4.69) is 24.6 Å². The molecule has 0 amide bonds. The fourth-order valence-electron chi connectivity index (χ4n) is 4.49. The number of thiocarbonyl (C=S) groups is 1. The molecular weight excluding hydrogens is 452 g/mol. The zero-order valence-corrected chi connectivity index (χ0v) is 20.8. The molecule has 1 aromatic heterocycles. The van der Waals surface area contributed by atoms with Crippen LogP contribution in [0, 0.1) is 10.1 Å². The number of phenolic OH excluding ortho intramolecular Hbond substituents is 1. The minimum absolute atomic E-state index is 0.0377. The molecule has 0 aliphatic carbocycles. The third kappa shape index (κ3) is 4.48. The molecule has 0 saturated carbocycles. The molecule has 10 heteroatoms. The second kappa shape index (κ2) is 9.65. The number of nitro benzene ring substituents is 1. The average Bonchev–Trinajstić information content (AvgIpc) is 2.76. The van der Waals surface area contributed by atoms with Gasteiger partial charge in [-0.15, -0.1) is 0 Å². The normalized spacial score (nSPS) is 13.6. The molecule has 0 unspecified atom stereocenters. The summed E-state index contributed by atoms with van der Waals surface area (Å²) in [5, 5.41) is 24.3. The van der Waals surface area contributed by atoms with Crippen LogP contribution in [0.15, 0.2) is 30.3 Å². The number of pyridine rings is 1. The number of aromatic nitrogens is 1. The van der Waals surface area contributed by atoms with Gasteiger partial charge in [-0.05, 0) is 90.6 Å². The Hall–Kier alpha value is -3.08. The van der Waals surface area contributed by atoms with Crippen molar-refractivity contribution in [3.63, 3.8) is 0 Å². The molecule has 0 atom stereocenters. The number of fused-ring (bicyclic) bond motifs is 2. The van der Waals surface area contributed by atoms with Crippen molar-refractivity contribution in [1.82, 2.24) is 14.8 Å². The van der Waals surface area contributed by atoms with E-state index in [1.54, 1.807) is 24.3 Å². The molecule has 3 aromatic rings. The Labute approximate surface area is 204 Å². The maximum atomic E-state index is 11.9. The summed E-state index contributed by atoms with van der Waals surface area (Å²) in [6, 6.07) is 8.21. The Bertz CT molecular complexity index is 1260. The number of non-ortho nitro benzene ring substituents is 1. The summed E-state index contributed by atoms with van der Waals surface area (Å²) < 4.78 is 0. The number of benzene rings is 2. The van der Waals surface area contributed by atoms with E-state index in [0.29, 0.717) is 34.6 Å². The van der Waals surface area contributed by atoms with Gasteiger partial charge < -0.3 is 24.7 Å². The molecule has 180 valence electrons. The van der Waals surface area contributed by atoms with Gasteiger partial charge in [-0.3, -0.25) is 10.1 Å². The Morgan fingerprint density at radius 3 is 2.29 bits per heavy atom. The Morgan fingerprint density at radius 1 is 1.03 bits per heavy atom. The first-order chi connectivity index (χ1) is 16.2.